The van der Waals surface area contributed by atoms with Gasteiger partial charge in [-0.3, -0.25) is 9.69 Å². The Labute approximate surface area is 246 Å². The molecule has 1 saturated carbocycles. The number of nitrogens with zero attached hydrogens (tertiary/aromatic N) is 2. The van der Waals surface area contributed by atoms with Crippen LogP contribution in [-0.4, -0.2) is 62.1 Å². The van der Waals surface area contributed by atoms with E-state index >= 15 is 0 Å². The van der Waals surface area contributed by atoms with E-state index in [4.69, 9.17) is 22.1 Å². The van der Waals surface area contributed by atoms with Crippen molar-refractivity contribution in [1.82, 2.24) is 15.1 Å². The molecule has 2 aliphatic rings. The quantitative estimate of drug-likeness (QED) is 0.198. The van der Waals surface area contributed by atoms with Crippen LogP contribution in [-0.2, 0) is 6.54 Å². The van der Waals surface area contributed by atoms with Crippen molar-refractivity contribution >= 4 is 23.2 Å². The van der Waals surface area contributed by atoms with Gasteiger partial charge in [-0.25, -0.2) is 0 Å². The molecule has 3 N–H and O–H groups in total. The summed E-state index contributed by atoms with van der Waals surface area (Å²) in [5.74, 6) is 1.68. The number of piperidine rings is 1. The molecule has 2 fully saturated rings. The van der Waals surface area contributed by atoms with Crippen molar-refractivity contribution in [3.05, 3.63) is 58.6 Å². The average molecular weight is 569 g/mol. The minimum absolute atomic E-state index is 0.161. The number of carbonyl (C=O) groups excluding carboxylic acids is 1. The minimum atomic E-state index is -0.161. The minimum Gasteiger partial charge on any atom is -0.496 e. The number of carbonyl (C=O) groups is 1. The monoisotopic (exact) mass is 568 g/mol. The predicted molar refractivity (Wildman–Crippen MR) is 166 cm³/mol. The third kappa shape index (κ3) is 9.67. The molecule has 0 radical (unpaired) electrons. The summed E-state index contributed by atoms with van der Waals surface area (Å²) in [6.45, 7) is 7.63. The first kappa shape index (κ1) is 30.7. The molecule has 1 saturated heterocycles. The Morgan fingerprint density at radius 3 is 2.50 bits per heavy atom. The molecular weight excluding hydrogens is 520 g/mol. The summed E-state index contributed by atoms with van der Waals surface area (Å²) in [5, 5.41) is 3.45. The van der Waals surface area contributed by atoms with E-state index in [-0.39, 0.29) is 5.91 Å². The summed E-state index contributed by atoms with van der Waals surface area (Å²) in [4.78, 5) is 18.1. The number of rotatable bonds is 14. The average Bonchev–Trinajstić information content (AvgIpc) is 2.98. The Balaban J connectivity index is 1.12. The molecule has 1 aliphatic heterocycles. The lowest BCUT2D eigenvalue weighted by Gasteiger charge is -2.32. The van der Waals surface area contributed by atoms with E-state index in [1.165, 1.54) is 83.7 Å². The number of halogens is 1. The Morgan fingerprint density at radius 1 is 1.02 bits per heavy atom. The van der Waals surface area contributed by atoms with Crippen LogP contribution in [0.3, 0.4) is 0 Å². The highest BCUT2D eigenvalue weighted by Gasteiger charge is 2.22. The number of hydrogen-bond donors (Lipinski definition) is 2. The molecule has 0 spiro atoms. The Bertz CT molecular complexity index is 1040. The zero-order valence-electron chi connectivity index (χ0n) is 24.4. The molecule has 0 aromatic heterocycles. The summed E-state index contributed by atoms with van der Waals surface area (Å²) in [6.07, 6.45) is 13.1. The second-order valence-corrected chi connectivity index (χ2v) is 12.3. The summed E-state index contributed by atoms with van der Waals surface area (Å²) < 4.78 is 5.33. The highest BCUT2D eigenvalue weighted by molar-refractivity contribution is 6.33. The Hall–Kier alpha value is -2.28. The highest BCUT2D eigenvalue weighted by atomic mass is 35.5. The Morgan fingerprint density at radius 2 is 1.77 bits per heavy atom. The fraction of sp³-hybridized carbons (Fsp3) is 0.606. The van der Waals surface area contributed by atoms with Crippen molar-refractivity contribution < 1.29 is 9.53 Å². The maximum atomic E-state index is 12.8. The van der Waals surface area contributed by atoms with Crippen LogP contribution in [0.1, 0.15) is 80.1 Å². The van der Waals surface area contributed by atoms with E-state index in [2.05, 4.69) is 45.4 Å². The van der Waals surface area contributed by atoms with Crippen LogP contribution < -0.4 is 15.8 Å². The van der Waals surface area contributed by atoms with Gasteiger partial charge >= 0.3 is 0 Å². The molecule has 0 atom stereocenters. The van der Waals surface area contributed by atoms with Crippen molar-refractivity contribution in [3.63, 3.8) is 0 Å². The van der Waals surface area contributed by atoms with Crippen LogP contribution in [0.4, 0.5) is 5.69 Å². The van der Waals surface area contributed by atoms with Crippen molar-refractivity contribution in [1.29, 1.82) is 0 Å². The predicted octanol–water partition coefficient (Wildman–Crippen LogP) is 6.63. The lowest BCUT2D eigenvalue weighted by Crippen LogP contribution is -2.39. The topological polar surface area (TPSA) is 70.8 Å². The van der Waals surface area contributed by atoms with E-state index in [9.17, 15) is 4.79 Å². The number of anilines is 1. The van der Waals surface area contributed by atoms with Gasteiger partial charge in [0.15, 0.2) is 0 Å². The molecule has 7 heteroatoms. The second kappa shape index (κ2) is 16.2. The third-order valence-electron chi connectivity index (χ3n) is 8.76. The van der Waals surface area contributed by atoms with Crippen LogP contribution in [0.25, 0.3) is 0 Å². The van der Waals surface area contributed by atoms with Gasteiger partial charge in [-0.05, 0) is 88.2 Å². The van der Waals surface area contributed by atoms with E-state index in [1.807, 2.05) is 0 Å². The lowest BCUT2D eigenvalue weighted by atomic mass is 9.89. The van der Waals surface area contributed by atoms with E-state index in [1.54, 1.807) is 12.1 Å². The number of benzene rings is 2. The summed E-state index contributed by atoms with van der Waals surface area (Å²) in [5.41, 5.74) is 8.12. The van der Waals surface area contributed by atoms with Crippen molar-refractivity contribution in [3.8, 4) is 5.75 Å². The van der Waals surface area contributed by atoms with Crippen molar-refractivity contribution in [2.75, 3.05) is 52.1 Å². The van der Waals surface area contributed by atoms with Gasteiger partial charge < -0.3 is 20.7 Å². The lowest BCUT2D eigenvalue weighted by molar-refractivity contribution is 0.0933. The first-order chi connectivity index (χ1) is 19.5. The van der Waals surface area contributed by atoms with Gasteiger partial charge in [0, 0.05) is 25.7 Å². The molecule has 6 nitrogen and oxygen atoms in total. The first-order valence-electron chi connectivity index (χ1n) is 15.4. The van der Waals surface area contributed by atoms with Gasteiger partial charge in [0.05, 0.1) is 23.4 Å². The van der Waals surface area contributed by atoms with Crippen LogP contribution in [0.2, 0.25) is 5.02 Å². The number of nitrogen functional groups attached to an aromatic ring is 1. The van der Waals surface area contributed by atoms with E-state index < -0.39 is 0 Å². The fourth-order valence-corrected chi connectivity index (χ4v) is 6.48. The smallest absolute Gasteiger partial charge is 0.255 e. The molecule has 1 amide bonds. The fourth-order valence-electron chi connectivity index (χ4n) is 6.32. The molecule has 1 aliphatic carbocycles. The summed E-state index contributed by atoms with van der Waals surface area (Å²) >= 11 is 6.13. The summed E-state index contributed by atoms with van der Waals surface area (Å²) in [6, 6.07) is 14.2. The van der Waals surface area contributed by atoms with Gasteiger partial charge in [-0.1, -0.05) is 67.6 Å². The molecule has 0 unspecified atom stereocenters. The number of unbranched alkanes of at least 4 members (excludes halogenated alkanes) is 2. The number of ether oxygens (including phenoxy) is 1. The van der Waals surface area contributed by atoms with Crippen molar-refractivity contribution in [2.45, 2.75) is 70.8 Å². The SMILES string of the molecule is COc1cc(N)c(Cl)cc1C(=O)NCC1CCN(CCCCCN(Cc2ccccc2)CC2CCCCC2)CC1. The molecule has 2 aromatic carbocycles. The van der Waals surface area contributed by atoms with E-state index in [0.717, 1.165) is 38.4 Å². The Kier molecular flexibility index (Phi) is 12.4. The van der Waals surface area contributed by atoms with Gasteiger partial charge in [0.2, 0.25) is 0 Å². The molecular formula is C33H49ClN4O2. The number of nitrogens with one attached hydrogen (secondary N) is 1. The number of nitrogens with two attached hydrogens (primary N) is 1. The van der Waals surface area contributed by atoms with Gasteiger partial charge in [-0.15, -0.1) is 0 Å². The largest absolute Gasteiger partial charge is 0.496 e. The molecule has 2 aromatic rings. The van der Waals surface area contributed by atoms with Gasteiger partial charge in [0.1, 0.15) is 5.75 Å². The zero-order valence-corrected chi connectivity index (χ0v) is 25.1. The van der Waals surface area contributed by atoms with Gasteiger partial charge in [-0.2, -0.15) is 0 Å². The molecule has 220 valence electrons. The summed E-state index contributed by atoms with van der Waals surface area (Å²) in [7, 11) is 1.54. The van der Waals surface area contributed by atoms with E-state index in [0.29, 0.717) is 34.5 Å². The molecule has 0 bridgehead atoms. The van der Waals surface area contributed by atoms with Crippen molar-refractivity contribution in [2.24, 2.45) is 11.8 Å². The van der Waals surface area contributed by atoms with Crippen LogP contribution >= 0.6 is 11.6 Å². The van der Waals surface area contributed by atoms with Crippen LogP contribution in [0.15, 0.2) is 42.5 Å². The molecule has 40 heavy (non-hydrogen) atoms. The number of methoxy groups -OCH3 is 1. The third-order valence-corrected chi connectivity index (χ3v) is 9.09. The van der Waals surface area contributed by atoms with Gasteiger partial charge in [0.25, 0.3) is 5.91 Å². The maximum Gasteiger partial charge on any atom is 0.255 e. The second-order valence-electron chi connectivity index (χ2n) is 11.9. The number of hydrogen-bond acceptors (Lipinski definition) is 5. The molecule has 4 rings (SSSR count). The van der Waals surface area contributed by atoms with Crippen LogP contribution in [0.5, 0.6) is 5.75 Å². The normalized spacial score (nSPS) is 17.3. The number of likely N-dealkylation sites (tertiary alicyclic amines) is 1. The molecule has 1 heterocycles. The van der Waals surface area contributed by atoms with Crippen LogP contribution in [0, 0.1) is 11.8 Å². The highest BCUT2D eigenvalue weighted by Crippen LogP contribution is 2.29. The number of amides is 1. The zero-order chi connectivity index (χ0) is 28.2. The maximum absolute atomic E-state index is 12.8. The standard InChI is InChI=1S/C33H49ClN4O2/c1-40-32-22-31(35)30(34)21-29(32)33(39)36-23-26-15-19-37(20-16-26)17-9-4-10-18-38(24-27-11-5-2-6-12-27)25-28-13-7-3-8-14-28/h2,5-6,11-12,21-22,26,28H,3-4,7-10,13-20,23-25,35H2,1H3,(H,36,39). The first-order valence-corrected chi connectivity index (χ1v) is 15.8.